The third-order valence-electron chi connectivity index (χ3n) is 5.07. The smallest absolute Gasteiger partial charge is 0.350 e. The molecule has 0 spiro atoms. The number of alkyl halides is 3. The average molecular weight is 411 g/mol. The van der Waals surface area contributed by atoms with Gasteiger partial charge in [-0.15, -0.1) is 0 Å². The minimum Gasteiger partial charge on any atom is -0.350 e. The Morgan fingerprint density at radius 1 is 0.966 bits per heavy atom. The van der Waals surface area contributed by atoms with Crippen LogP contribution in [0.1, 0.15) is 63.2 Å². The van der Waals surface area contributed by atoms with E-state index in [9.17, 15) is 32.3 Å². The fourth-order valence-corrected chi connectivity index (χ4v) is 3.63. The lowest BCUT2D eigenvalue weighted by atomic mass is 9.94. The van der Waals surface area contributed by atoms with Crippen LogP contribution < -0.4 is 10.6 Å². The Morgan fingerprint density at radius 3 is 2.24 bits per heavy atom. The molecule has 29 heavy (non-hydrogen) atoms. The number of rotatable bonds is 5. The molecule has 0 atom stereocenters. The van der Waals surface area contributed by atoms with Gasteiger partial charge in [0, 0.05) is 24.7 Å². The summed E-state index contributed by atoms with van der Waals surface area (Å²) in [6, 6.07) is 3.99. The molecule has 1 aliphatic carbocycles. The number of nitrogens with zero attached hydrogens (tertiary/aromatic N) is 1. The second-order valence-corrected chi connectivity index (χ2v) is 7.04. The molecule has 1 aromatic carbocycles. The summed E-state index contributed by atoms with van der Waals surface area (Å²) in [5.41, 5.74) is 0.505. The number of fused-ring (bicyclic) bond motifs is 1. The van der Waals surface area contributed by atoms with Crippen molar-refractivity contribution in [1.82, 2.24) is 15.5 Å². The van der Waals surface area contributed by atoms with Crippen LogP contribution in [0.2, 0.25) is 0 Å². The Kier molecular flexibility index (Phi) is 5.90. The van der Waals surface area contributed by atoms with Gasteiger partial charge in [0.15, 0.2) is 0 Å². The van der Waals surface area contributed by atoms with E-state index in [1.165, 1.54) is 23.1 Å². The summed E-state index contributed by atoms with van der Waals surface area (Å²) in [7, 11) is 0. The minimum atomic E-state index is -4.99. The molecule has 1 aliphatic heterocycles. The van der Waals surface area contributed by atoms with Gasteiger partial charge in [0.05, 0.1) is 11.1 Å². The number of nitrogens with one attached hydrogen (secondary N) is 2. The molecule has 1 saturated carbocycles. The van der Waals surface area contributed by atoms with Crippen LogP contribution in [0.15, 0.2) is 18.2 Å². The molecule has 0 bridgehead atoms. The molecule has 2 N–H and O–H groups in total. The molecule has 10 heteroatoms. The van der Waals surface area contributed by atoms with Crippen LogP contribution in [0.4, 0.5) is 13.2 Å². The second-order valence-electron chi connectivity index (χ2n) is 7.04. The van der Waals surface area contributed by atoms with E-state index in [2.05, 4.69) is 5.32 Å². The lowest BCUT2D eigenvalue weighted by molar-refractivity contribution is -0.173. The highest BCUT2D eigenvalue weighted by Crippen LogP contribution is 2.31. The van der Waals surface area contributed by atoms with E-state index in [1.54, 1.807) is 5.32 Å². The molecule has 0 saturated heterocycles. The normalized spacial score (nSPS) is 17.3. The van der Waals surface area contributed by atoms with Gasteiger partial charge in [-0.2, -0.15) is 13.2 Å². The third kappa shape index (κ3) is 4.41. The van der Waals surface area contributed by atoms with E-state index in [0.29, 0.717) is 0 Å². The summed E-state index contributed by atoms with van der Waals surface area (Å²) >= 11 is 0. The number of imide groups is 1. The van der Waals surface area contributed by atoms with Crippen molar-refractivity contribution < 1.29 is 32.3 Å². The first-order chi connectivity index (χ1) is 13.7. The number of carbonyl (C=O) groups excluding carboxylic acids is 4. The van der Waals surface area contributed by atoms with Crippen LogP contribution in [0, 0.1) is 0 Å². The maximum Gasteiger partial charge on any atom is 0.471 e. The van der Waals surface area contributed by atoms with Crippen LogP contribution in [-0.4, -0.2) is 53.8 Å². The highest BCUT2D eigenvalue weighted by atomic mass is 19.4. The number of benzene rings is 1. The van der Waals surface area contributed by atoms with Crippen molar-refractivity contribution in [2.75, 3.05) is 13.1 Å². The van der Waals surface area contributed by atoms with E-state index in [-0.39, 0.29) is 35.2 Å². The number of amides is 4. The van der Waals surface area contributed by atoms with Crippen LogP contribution in [0.5, 0.6) is 0 Å². The van der Waals surface area contributed by atoms with Gasteiger partial charge in [0.1, 0.15) is 0 Å². The van der Waals surface area contributed by atoms with Crippen LogP contribution >= 0.6 is 0 Å². The van der Waals surface area contributed by atoms with Crippen LogP contribution in [0.3, 0.4) is 0 Å². The Morgan fingerprint density at radius 2 is 1.59 bits per heavy atom. The van der Waals surface area contributed by atoms with Gasteiger partial charge < -0.3 is 10.6 Å². The average Bonchev–Trinajstić information content (AvgIpc) is 2.94. The molecule has 0 aromatic heterocycles. The van der Waals surface area contributed by atoms with Gasteiger partial charge in [0.25, 0.3) is 17.7 Å². The Labute approximate surface area is 164 Å². The maximum absolute atomic E-state index is 12.7. The molecule has 156 valence electrons. The predicted octanol–water partition coefficient (Wildman–Crippen LogP) is 2.02. The third-order valence-corrected chi connectivity index (χ3v) is 5.07. The fourth-order valence-electron chi connectivity index (χ4n) is 3.63. The molecule has 1 aromatic rings. The van der Waals surface area contributed by atoms with Gasteiger partial charge in [0.2, 0.25) is 0 Å². The molecular weight excluding hydrogens is 391 g/mol. The first-order valence-corrected chi connectivity index (χ1v) is 9.35. The topological polar surface area (TPSA) is 95.6 Å². The quantitative estimate of drug-likeness (QED) is 0.573. The van der Waals surface area contributed by atoms with E-state index >= 15 is 0 Å². The van der Waals surface area contributed by atoms with Crippen LogP contribution in [0.25, 0.3) is 0 Å². The molecule has 7 nitrogen and oxygen atoms in total. The van der Waals surface area contributed by atoms with Gasteiger partial charge >= 0.3 is 12.1 Å². The highest BCUT2D eigenvalue weighted by molar-refractivity contribution is 6.22. The van der Waals surface area contributed by atoms with E-state index in [1.807, 2.05) is 0 Å². The maximum atomic E-state index is 12.7. The van der Waals surface area contributed by atoms with Gasteiger partial charge in [-0.1, -0.05) is 19.3 Å². The lowest BCUT2D eigenvalue weighted by Crippen LogP contribution is -2.41. The first-order valence-electron chi connectivity index (χ1n) is 9.35. The zero-order chi connectivity index (χ0) is 21.2. The van der Waals surface area contributed by atoms with Gasteiger partial charge in [-0.3, -0.25) is 24.1 Å². The fraction of sp³-hybridized carbons (Fsp3) is 0.474. The summed E-state index contributed by atoms with van der Waals surface area (Å²) in [5.74, 6) is -3.50. The standard InChI is InChI=1S/C19H20F3N3O4/c20-19(21,22)18(29)24-9-8-23-15(26)11-6-7-13-14(10-11)17(28)25(16(13)27)12-4-2-1-3-5-12/h6-7,10,12H,1-5,8-9H2,(H,23,26)(H,24,29). The summed E-state index contributed by atoms with van der Waals surface area (Å²) in [6.07, 6.45) is -0.466. The van der Waals surface area contributed by atoms with Gasteiger partial charge in [-0.05, 0) is 31.0 Å². The van der Waals surface area contributed by atoms with Crippen molar-refractivity contribution in [3.63, 3.8) is 0 Å². The molecule has 4 amide bonds. The van der Waals surface area contributed by atoms with Crippen molar-refractivity contribution in [2.45, 2.75) is 44.3 Å². The van der Waals surface area contributed by atoms with Crippen molar-refractivity contribution in [1.29, 1.82) is 0 Å². The molecular formula is C19H20F3N3O4. The number of carbonyl (C=O) groups is 4. The largest absolute Gasteiger partial charge is 0.471 e. The van der Waals surface area contributed by atoms with Crippen LogP contribution in [-0.2, 0) is 4.79 Å². The highest BCUT2D eigenvalue weighted by Gasteiger charge is 2.40. The SMILES string of the molecule is O=C(NCCNC(=O)C(F)(F)F)c1ccc2c(c1)C(=O)N(C1CCCCC1)C2=O. The number of halogens is 3. The van der Waals surface area contributed by atoms with E-state index < -0.39 is 30.4 Å². The van der Waals surface area contributed by atoms with E-state index in [4.69, 9.17) is 0 Å². The summed E-state index contributed by atoms with van der Waals surface area (Å²) in [4.78, 5) is 49.5. The number of hydrogen-bond acceptors (Lipinski definition) is 4. The monoisotopic (exact) mass is 411 g/mol. The molecule has 0 radical (unpaired) electrons. The lowest BCUT2D eigenvalue weighted by Gasteiger charge is -2.29. The predicted molar refractivity (Wildman–Crippen MR) is 95.2 cm³/mol. The summed E-state index contributed by atoms with van der Waals surface area (Å²) < 4.78 is 36.3. The van der Waals surface area contributed by atoms with E-state index in [0.717, 1.165) is 32.1 Å². The van der Waals surface area contributed by atoms with Gasteiger partial charge in [-0.25, -0.2) is 0 Å². The Hall–Kier alpha value is -2.91. The first kappa shape index (κ1) is 20.8. The number of hydrogen-bond donors (Lipinski definition) is 2. The molecule has 3 rings (SSSR count). The second kappa shape index (κ2) is 8.22. The summed E-state index contributed by atoms with van der Waals surface area (Å²) in [6.45, 7) is -0.624. The Balaban J connectivity index is 1.62. The minimum absolute atomic E-state index is 0.109. The molecule has 1 heterocycles. The Bertz CT molecular complexity index is 848. The zero-order valence-corrected chi connectivity index (χ0v) is 15.5. The zero-order valence-electron chi connectivity index (χ0n) is 15.5. The van der Waals surface area contributed by atoms with Crippen molar-refractivity contribution in [2.24, 2.45) is 0 Å². The van der Waals surface area contributed by atoms with Crippen molar-refractivity contribution in [3.8, 4) is 0 Å². The van der Waals surface area contributed by atoms with Crippen molar-refractivity contribution in [3.05, 3.63) is 34.9 Å². The summed E-state index contributed by atoms with van der Waals surface area (Å²) in [5, 5.41) is 4.01. The van der Waals surface area contributed by atoms with Crippen molar-refractivity contribution >= 4 is 23.6 Å². The molecule has 2 aliphatic rings. The molecule has 1 fully saturated rings. The molecule has 0 unspecified atom stereocenters.